The number of hydrogen-bond donors (Lipinski definition) is 0. The van der Waals surface area contributed by atoms with Crippen LogP contribution in [-0.4, -0.2) is 50.3 Å². The van der Waals surface area contributed by atoms with Gasteiger partial charge in [-0.3, -0.25) is 0 Å². The summed E-state index contributed by atoms with van der Waals surface area (Å²) in [5.74, 6) is -0.381. The van der Waals surface area contributed by atoms with Gasteiger partial charge in [-0.15, -0.1) is 0 Å². The Labute approximate surface area is 281 Å². The van der Waals surface area contributed by atoms with Crippen molar-refractivity contribution in [2.24, 2.45) is 11.8 Å². The largest absolute Gasteiger partial charge is 0.490 e. The Morgan fingerprint density at radius 1 is 0.583 bits per heavy atom. The van der Waals surface area contributed by atoms with Gasteiger partial charge in [-0.05, 0) is 104 Å². The van der Waals surface area contributed by atoms with Crippen molar-refractivity contribution in [1.82, 2.24) is 0 Å². The van der Waals surface area contributed by atoms with E-state index in [9.17, 15) is 19.2 Å². The molecule has 0 N–H and O–H groups in total. The van der Waals surface area contributed by atoms with Gasteiger partial charge in [0.05, 0.1) is 24.3 Å². The lowest BCUT2D eigenvalue weighted by atomic mass is 9.83. The molecule has 0 heterocycles. The molecular weight excluding hydrogens is 612 g/mol. The smallest absolute Gasteiger partial charge is 0.338 e. The van der Waals surface area contributed by atoms with Crippen molar-refractivity contribution in [3.63, 3.8) is 0 Å². The van der Waals surface area contributed by atoms with E-state index >= 15 is 0 Å². The highest BCUT2D eigenvalue weighted by molar-refractivity contribution is 5.91. The minimum Gasteiger partial charge on any atom is -0.490 e. The Hall–Kier alpha value is -5.18. The minimum absolute atomic E-state index is 0.100. The fourth-order valence-corrected chi connectivity index (χ4v) is 5.09. The van der Waals surface area contributed by atoms with Gasteiger partial charge in [0.1, 0.15) is 25.6 Å². The summed E-state index contributed by atoms with van der Waals surface area (Å²) < 4.78 is 26.9. The summed E-state index contributed by atoms with van der Waals surface area (Å²) in [5, 5.41) is 0. The van der Waals surface area contributed by atoms with E-state index in [2.05, 4.69) is 13.2 Å². The molecule has 9 nitrogen and oxygen atoms in total. The van der Waals surface area contributed by atoms with E-state index in [1.165, 1.54) is 0 Å². The maximum atomic E-state index is 12.7. The van der Waals surface area contributed by atoms with Crippen molar-refractivity contribution in [3.05, 3.63) is 114 Å². The van der Waals surface area contributed by atoms with Gasteiger partial charge >= 0.3 is 23.9 Å². The molecule has 1 aliphatic carbocycles. The molecular formula is C39H42O9. The third-order valence-electron chi connectivity index (χ3n) is 8.02. The van der Waals surface area contributed by atoms with Gasteiger partial charge in [-0.1, -0.05) is 49.6 Å². The predicted molar refractivity (Wildman–Crippen MR) is 180 cm³/mol. The highest BCUT2D eigenvalue weighted by Crippen LogP contribution is 2.30. The highest BCUT2D eigenvalue weighted by Gasteiger charge is 2.24. The number of carbonyl (C=O) groups is 4. The monoisotopic (exact) mass is 654 g/mol. The number of hydrogen-bond acceptors (Lipinski definition) is 9. The van der Waals surface area contributed by atoms with E-state index in [1.807, 2.05) is 24.3 Å². The molecule has 1 fully saturated rings. The molecule has 0 aromatic heterocycles. The second-order valence-electron chi connectivity index (χ2n) is 12.0. The number of rotatable bonds is 15. The molecule has 48 heavy (non-hydrogen) atoms. The molecule has 1 aliphatic rings. The van der Waals surface area contributed by atoms with Crippen molar-refractivity contribution in [2.75, 3.05) is 26.4 Å². The van der Waals surface area contributed by atoms with Crippen LogP contribution in [0.3, 0.4) is 0 Å². The van der Waals surface area contributed by atoms with E-state index in [-0.39, 0.29) is 31.8 Å². The first-order chi connectivity index (χ1) is 23.1. The fourth-order valence-electron chi connectivity index (χ4n) is 5.09. The van der Waals surface area contributed by atoms with Gasteiger partial charge in [-0.2, -0.15) is 0 Å². The zero-order valence-corrected chi connectivity index (χ0v) is 27.5. The van der Waals surface area contributed by atoms with Gasteiger partial charge in [-0.25, -0.2) is 19.2 Å². The third-order valence-corrected chi connectivity index (χ3v) is 8.02. The first kappa shape index (κ1) is 35.7. The summed E-state index contributed by atoms with van der Waals surface area (Å²) in [6.45, 7) is 11.6. The zero-order valence-electron chi connectivity index (χ0n) is 27.5. The fraction of sp³-hybridized carbons (Fsp3) is 0.333. The first-order valence-corrected chi connectivity index (χ1v) is 16.0. The van der Waals surface area contributed by atoms with Crippen LogP contribution >= 0.6 is 0 Å². The summed E-state index contributed by atoms with van der Waals surface area (Å²) in [6, 6.07) is 21.4. The van der Waals surface area contributed by atoms with Gasteiger partial charge in [0.15, 0.2) is 0 Å². The molecule has 252 valence electrons. The second-order valence-corrected chi connectivity index (χ2v) is 12.0. The van der Waals surface area contributed by atoms with Crippen LogP contribution in [0, 0.1) is 11.8 Å². The maximum Gasteiger partial charge on any atom is 0.338 e. The normalized spacial score (nSPS) is 15.5. The van der Waals surface area contributed by atoms with Crippen LogP contribution in [0.15, 0.2) is 97.1 Å². The summed E-state index contributed by atoms with van der Waals surface area (Å²) in [4.78, 5) is 48.3. The first-order valence-electron chi connectivity index (χ1n) is 16.0. The standard InChI is InChI=1S/C39H42O9/c1-26(2)36(40)45-22-21-44-35-19-9-30(10-20-35)25-48-39(43)34-17-13-32(14-18-34)31-11-15-33(16-12-31)38(42)47-24-29-7-5-28(6-8-29)23-46-37(41)27(3)4/h9-20,28-29H,1,3,5-8,21-25H2,2,4H3. The summed E-state index contributed by atoms with van der Waals surface area (Å²) in [6.07, 6.45) is 3.71. The molecule has 3 aromatic rings. The van der Waals surface area contributed by atoms with Crippen LogP contribution in [0.25, 0.3) is 11.1 Å². The van der Waals surface area contributed by atoms with Crippen LogP contribution < -0.4 is 4.74 Å². The van der Waals surface area contributed by atoms with Crippen LogP contribution in [0.1, 0.15) is 65.8 Å². The summed E-state index contributed by atoms with van der Waals surface area (Å²) in [5.41, 5.74) is 4.22. The van der Waals surface area contributed by atoms with E-state index < -0.39 is 11.9 Å². The van der Waals surface area contributed by atoms with E-state index in [1.54, 1.807) is 62.4 Å². The van der Waals surface area contributed by atoms with Gasteiger partial charge in [0.2, 0.25) is 0 Å². The van der Waals surface area contributed by atoms with Gasteiger partial charge in [0.25, 0.3) is 0 Å². The predicted octanol–water partition coefficient (Wildman–Crippen LogP) is 7.29. The average Bonchev–Trinajstić information content (AvgIpc) is 3.11. The quantitative estimate of drug-likeness (QED) is 0.0721. The van der Waals surface area contributed by atoms with Crippen LogP contribution in [-0.2, 0) is 35.1 Å². The number of carbonyl (C=O) groups excluding carboxylic acids is 4. The molecule has 0 spiro atoms. The van der Waals surface area contributed by atoms with Crippen LogP contribution in [0.5, 0.6) is 5.75 Å². The van der Waals surface area contributed by atoms with E-state index in [0.717, 1.165) is 42.4 Å². The molecule has 4 rings (SSSR count). The van der Waals surface area contributed by atoms with Crippen molar-refractivity contribution in [1.29, 1.82) is 0 Å². The number of benzene rings is 3. The Bertz CT molecular complexity index is 1580. The summed E-state index contributed by atoms with van der Waals surface area (Å²) >= 11 is 0. The Kier molecular flexibility index (Phi) is 13.1. The average molecular weight is 655 g/mol. The lowest BCUT2D eigenvalue weighted by molar-refractivity contribution is -0.141. The molecule has 9 heteroatoms. The van der Waals surface area contributed by atoms with Crippen molar-refractivity contribution in [2.45, 2.75) is 46.1 Å². The lowest BCUT2D eigenvalue weighted by Gasteiger charge is -2.27. The Morgan fingerprint density at radius 3 is 1.54 bits per heavy atom. The summed E-state index contributed by atoms with van der Waals surface area (Å²) in [7, 11) is 0. The molecule has 1 saturated carbocycles. The molecule has 0 atom stereocenters. The number of esters is 4. The molecule has 0 bridgehead atoms. The second kappa shape index (κ2) is 17.7. The van der Waals surface area contributed by atoms with Crippen molar-refractivity contribution in [3.8, 4) is 16.9 Å². The topological polar surface area (TPSA) is 114 Å². The minimum atomic E-state index is -0.455. The maximum absolute atomic E-state index is 12.7. The zero-order chi connectivity index (χ0) is 34.5. The third kappa shape index (κ3) is 11.0. The molecule has 0 saturated heterocycles. The molecule has 0 amide bonds. The van der Waals surface area contributed by atoms with Crippen LogP contribution in [0.4, 0.5) is 0 Å². The molecule has 0 radical (unpaired) electrons. The van der Waals surface area contributed by atoms with Crippen molar-refractivity contribution < 1.29 is 42.9 Å². The van der Waals surface area contributed by atoms with Gasteiger partial charge in [0, 0.05) is 11.1 Å². The van der Waals surface area contributed by atoms with Crippen LogP contribution in [0.2, 0.25) is 0 Å². The Balaban J connectivity index is 1.17. The van der Waals surface area contributed by atoms with Gasteiger partial charge < -0.3 is 23.7 Å². The molecule has 0 unspecified atom stereocenters. The SMILES string of the molecule is C=C(C)C(=O)OCCOc1ccc(COC(=O)c2ccc(-c3ccc(C(=O)OCC4CCC(COC(=O)C(=C)C)CC4)cc3)cc2)cc1. The van der Waals surface area contributed by atoms with Crippen molar-refractivity contribution >= 4 is 23.9 Å². The molecule has 3 aromatic carbocycles. The lowest BCUT2D eigenvalue weighted by Crippen LogP contribution is -2.24. The van der Waals surface area contributed by atoms with E-state index in [0.29, 0.717) is 53.1 Å². The highest BCUT2D eigenvalue weighted by atomic mass is 16.6. The Morgan fingerprint density at radius 2 is 1.04 bits per heavy atom. The number of ether oxygens (including phenoxy) is 5. The van der Waals surface area contributed by atoms with E-state index in [4.69, 9.17) is 23.7 Å². The molecule has 0 aliphatic heterocycles.